The molecule has 1 aliphatic heterocycles. The van der Waals surface area contributed by atoms with E-state index in [-0.39, 0.29) is 5.91 Å². The molecule has 3 nitrogen and oxygen atoms in total. The first-order valence-corrected chi connectivity index (χ1v) is 5.85. The van der Waals surface area contributed by atoms with Crippen molar-refractivity contribution >= 4 is 23.2 Å². The van der Waals surface area contributed by atoms with Gasteiger partial charge in [0, 0.05) is 26.2 Å². The number of piperazine rings is 1. The summed E-state index contributed by atoms with van der Waals surface area (Å²) in [6.07, 6.45) is 5.10. The lowest BCUT2D eigenvalue weighted by Gasteiger charge is -2.35. The third-order valence-corrected chi connectivity index (χ3v) is 3.20. The first kappa shape index (κ1) is 11.8. The van der Waals surface area contributed by atoms with Crippen molar-refractivity contribution in [1.29, 1.82) is 0 Å². The van der Waals surface area contributed by atoms with Gasteiger partial charge in [0.05, 0.1) is 10.7 Å². The zero-order valence-electron chi connectivity index (χ0n) is 9.40. The van der Waals surface area contributed by atoms with Crippen molar-refractivity contribution in [3.63, 3.8) is 0 Å². The van der Waals surface area contributed by atoms with Gasteiger partial charge in [0.1, 0.15) is 0 Å². The first-order chi connectivity index (χ1) is 8.22. The minimum absolute atomic E-state index is 0.233. The summed E-state index contributed by atoms with van der Waals surface area (Å²) in [5, 5.41) is 0.740. The van der Waals surface area contributed by atoms with Crippen LogP contribution in [0.25, 0.3) is 0 Å². The van der Waals surface area contributed by atoms with Crippen molar-refractivity contribution in [2.45, 2.75) is 0 Å². The van der Waals surface area contributed by atoms with Crippen LogP contribution >= 0.6 is 11.6 Å². The number of para-hydroxylation sites is 1. The van der Waals surface area contributed by atoms with Crippen molar-refractivity contribution in [2.24, 2.45) is 0 Å². The van der Waals surface area contributed by atoms with Gasteiger partial charge in [-0.15, -0.1) is 6.42 Å². The second-order valence-electron chi connectivity index (χ2n) is 3.87. The number of amides is 1. The molecular formula is C13H13ClN2O. The number of carbonyl (C=O) groups is 1. The highest BCUT2D eigenvalue weighted by molar-refractivity contribution is 6.33. The number of terminal acetylenes is 1. The van der Waals surface area contributed by atoms with E-state index in [9.17, 15) is 4.79 Å². The van der Waals surface area contributed by atoms with Crippen LogP contribution in [0.15, 0.2) is 24.3 Å². The highest BCUT2D eigenvalue weighted by atomic mass is 35.5. The van der Waals surface area contributed by atoms with E-state index in [0.717, 1.165) is 23.8 Å². The van der Waals surface area contributed by atoms with Crippen LogP contribution in [0, 0.1) is 12.3 Å². The van der Waals surface area contributed by atoms with Crippen molar-refractivity contribution in [3.05, 3.63) is 29.3 Å². The van der Waals surface area contributed by atoms with Gasteiger partial charge in [-0.1, -0.05) is 23.7 Å². The predicted octanol–water partition coefficient (Wildman–Crippen LogP) is 1.62. The molecule has 1 saturated heterocycles. The molecule has 0 bridgehead atoms. The van der Waals surface area contributed by atoms with Gasteiger partial charge in [-0.25, -0.2) is 0 Å². The summed E-state index contributed by atoms with van der Waals surface area (Å²) in [5.74, 6) is 1.91. The molecule has 4 heteroatoms. The minimum Gasteiger partial charge on any atom is -0.367 e. The van der Waals surface area contributed by atoms with Crippen LogP contribution in [0.5, 0.6) is 0 Å². The SMILES string of the molecule is C#CC(=O)N1CCN(c2ccccc2Cl)CC1. The maximum atomic E-state index is 11.3. The zero-order chi connectivity index (χ0) is 12.3. The van der Waals surface area contributed by atoms with E-state index in [1.165, 1.54) is 0 Å². The van der Waals surface area contributed by atoms with E-state index in [4.69, 9.17) is 18.0 Å². The normalized spacial score (nSPS) is 15.5. The molecule has 1 aliphatic rings. The highest BCUT2D eigenvalue weighted by Gasteiger charge is 2.20. The molecule has 0 spiro atoms. The monoisotopic (exact) mass is 248 g/mol. The van der Waals surface area contributed by atoms with E-state index in [0.29, 0.717) is 13.1 Å². The molecule has 0 atom stereocenters. The Morgan fingerprint density at radius 2 is 1.88 bits per heavy atom. The lowest BCUT2D eigenvalue weighted by molar-refractivity contribution is -0.125. The fourth-order valence-electron chi connectivity index (χ4n) is 1.95. The second-order valence-corrected chi connectivity index (χ2v) is 4.28. The van der Waals surface area contributed by atoms with E-state index >= 15 is 0 Å². The van der Waals surface area contributed by atoms with Crippen molar-refractivity contribution in [2.75, 3.05) is 31.1 Å². The number of carbonyl (C=O) groups excluding carboxylic acids is 1. The molecule has 88 valence electrons. The number of hydrogen-bond donors (Lipinski definition) is 0. The van der Waals surface area contributed by atoms with Gasteiger partial charge in [-0.05, 0) is 18.1 Å². The van der Waals surface area contributed by atoms with Gasteiger partial charge in [0.2, 0.25) is 0 Å². The molecule has 0 aliphatic carbocycles. The summed E-state index contributed by atoms with van der Waals surface area (Å²) in [6, 6.07) is 7.72. The van der Waals surface area contributed by atoms with Gasteiger partial charge < -0.3 is 9.80 Å². The maximum Gasteiger partial charge on any atom is 0.298 e. The molecule has 1 amide bonds. The van der Waals surface area contributed by atoms with E-state index in [2.05, 4.69) is 10.8 Å². The fraction of sp³-hybridized carbons (Fsp3) is 0.308. The van der Waals surface area contributed by atoms with Crippen molar-refractivity contribution in [1.82, 2.24) is 4.90 Å². The van der Waals surface area contributed by atoms with Crippen LogP contribution in [-0.4, -0.2) is 37.0 Å². The van der Waals surface area contributed by atoms with Gasteiger partial charge in [-0.2, -0.15) is 0 Å². The topological polar surface area (TPSA) is 23.6 Å². The molecule has 2 rings (SSSR count). The van der Waals surface area contributed by atoms with Gasteiger partial charge in [0.25, 0.3) is 5.91 Å². The Morgan fingerprint density at radius 3 is 2.47 bits per heavy atom. The highest BCUT2D eigenvalue weighted by Crippen LogP contribution is 2.25. The molecule has 0 unspecified atom stereocenters. The average molecular weight is 249 g/mol. The third-order valence-electron chi connectivity index (χ3n) is 2.88. The Balaban J connectivity index is 2.03. The summed E-state index contributed by atoms with van der Waals surface area (Å²) in [5.41, 5.74) is 1.02. The van der Waals surface area contributed by atoms with E-state index in [1.54, 1.807) is 4.90 Å². The summed E-state index contributed by atoms with van der Waals surface area (Å²) >= 11 is 6.13. The van der Waals surface area contributed by atoms with Crippen molar-refractivity contribution < 1.29 is 4.79 Å². The molecule has 1 aromatic carbocycles. The fourth-order valence-corrected chi connectivity index (χ4v) is 2.21. The third kappa shape index (κ3) is 2.54. The number of hydrogen-bond acceptors (Lipinski definition) is 2. The van der Waals surface area contributed by atoms with E-state index < -0.39 is 0 Å². The number of nitrogens with zero attached hydrogens (tertiary/aromatic N) is 2. The van der Waals surface area contributed by atoms with Crippen LogP contribution in [0.1, 0.15) is 0 Å². The van der Waals surface area contributed by atoms with E-state index in [1.807, 2.05) is 24.3 Å². The zero-order valence-corrected chi connectivity index (χ0v) is 10.2. The molecule has 0 aromatic heterocycles. The quantitative estimate of drug-likeness (QED) is 0.706. The number of benzene rings is 1. The average Bonchev–Trinajstić information content (AvgIpc) is 2.39. The van der Waals surface area contributed by atoms with Gasteiger partial charge >= 0.3 is 0 Å². The molecule has 0 saturated carbocycles. The largest absolute Gasteiger partial charge is 0.367 e. The van der Waals surface area contributed by atoms with Crippen LogP contribution in [0.4, 0.5) is 5.69 Å². The number of anilines is 1. The Kier molecular flexibility index (Phi) is 3.55. The lowest BCUT2D eigenvalue weighted by atomic mass is 10.2. The molecule has 17 heavy (non-hydrogen) atoms. The summed E-state index contributed by atoms with van der Waals surface area (Å²) in [4.78, 5) is 15.2. The molecule has 0 N–H and O–H groups in total. The minimum atomic E-state index is -0.233. The maximum absolute atomic E-state index is 11.3. The van der Waals surface area contributed by atoms with Gasteiger partial charge in [-0.3, -0.25) is 4.79 Å². The smallest absolute Gasteiger partial charge is 0.298 e. The number of halogens is 1. The lowest BCUT2D eigenvalue weighted by Crippen LogP contribution is -2.48. The van der Waals surface area contributed by atoms with Crippen LogP contribution < -0.4 is 4.90 Å². The predicted molar refractivity (Wildman–Crippen MR) is 69.1 cm³/mol. The Morgan fingerprint density at radius 1 is 1.24 bits per heavy atom. The number of rotatable bonds is 1. The Hall–Kier alpha value is -1.66. The molecule has 0 radical (unpaired) electrons. The summed E-state index contributed by atoms with van der Waals surface area (Å²) in [6.45, 7) is 2.82. The van der Waals surface area contributed by atoms with Crippen LogP contribution in [0.3, 0.4) is 0 Å². The standard InChI is InChI=1S/C13H13ClN2O/c1-2-13(17)16-9-7-15(8-10-16)12-6-4-3-5-11(12)14/h1,3-6H,7-10H2. The molecule has 1 fully saturated rings. The summed E-state index contributed by atoms with van der Waals surface area (Å²) < 4.78 is 0. The Bertz CT molecular complexity index is 459. The first-order valence-electron chi connectivity index (χ1n) is 5.47. The second kappa shape index (κ2) is 5.11. The molecule has 1 heterocycles. The summed E-state index contributed by atoms with van der Waals surface area (Å²) in [7, 11) is 0. The van der Waals surface area contributed by atoms with Crippen molar-refractivity contribution in [3.8, 4) is 12.3 Å². The molecule has 1 aromatic rings. The van der Waals surface area contributed by atoms with Crippen LogP contribution in [0.2, 0.25) is 5.02 Å². The molecular weight excluding hydrogens is 236 g/mol. The Labute approximate surface area is 106 Å². The van der Waals surface area contributed by atoms with Crippen LogP contribution in [-0.2, 0) is 4.79 Å². The van der Waals surface area contributed by atoms with Gasteiger partial charge in [0.15, 0.2) is 0 Å².